The molecule has 0 bridgehead atoms. The standard InChI is InChI=1S/C14H19N3OS/c1-18-10-4-6-13-12(8-10)16-14(15)17(13)9-3-5-11(7-9)19-2/h4,6,8-9,11H,3,5,7H2,1-2H3,(H2,15,16). The molecule has 1 aromatic heterocycles. The number of nitrogen functional groups attached to an aromatic ring is 1. The van der Waals surface area contributed by atoms with E-state index in [4.69, 9.17) is 10.5 Å². The van der Waals surface area contributed by atoms with Crippen LogP contribution in [-0.2, 0) is 0 Å². The van der Waals surface area contributed by atoms with Gasteiger partial charge in [-0.2, -0.15) is 11.8 Å². The van der Waals surface area contributed by atoms with Crippen molar-refractivity contribution in [1.82, 2.24) is 9.55 Å². The molecule has 0 radical (unpaired) electrons. The lowest BCUT2D eigenvalue weighted by atomic mass is 10.2. The molecule has 0 aliphatic heterocycles. The van der Waals surface area contributed by atoms with Gasteiger partial charge in [0, 0.05) is 17.4 Å². The molecule has 1 saturated carbocycles. The summed E-state index contributed by atoms with van der Waals surface area (Å²) in [6.45, 7) is 0. The van der Waals surface area contributed by atoms with Gasteiger partial charge in [0.05, 0.1) is 18.1 Å². The summed E-state index contributed by atoms with van der Waals surface area (Å²) < 4.78 is 7.44. The van der Waals surface area contributed by atoms with Crippen molar-refractivity contribution in [2.75, 3.05) is 19.1 Å². The topological polar surface area (TPSA) is 53.1 Å². The summed E-state index contributed by atoms with van der Waals surface area (Å²) in [7, 11) is 1.67. The quantitative estimate of drug-likeness (QED) is 0.936. The van der Waals surface area contributed by atoms with Crippen LogP contribution >= 0.6 is 11.8 Å². The van der Waals surface area contributed by atoms with Crippen molar-refractivity contribution < 1.29 is 4.74 Å². The van der Waals surface area contributed by atoms with E-state index in [1.165, 1.54) is 19.3 Å². The SMILES string of the molecule is COc1ccc2c(c1)nc(N)n2C1CCC(SC)C1. The highest BCUT2D eigenvalue weighted by Crippen LogP contribution is 2.39. The summed E-state index contributed by atoms with van der Waals surface area (Å²) in [6, 6.07) is 6.46. The summed E-state index contributed by atoms with van der Waals surface area (Å²) >= 11 is 1.96. The van der Waals surface area contributed by atoms with E-state index in [9.17, 15) is 0 Å². The van der Waals surface area contributed by atoms with Crippen LogP contribution in [0, 0.1) is 0 Å². The maximum Gasteiger partial charge on any atom is 0.201 e. The number of imidazole rings is 1. The van der Waals surface area contributed by atoms with Gasteiger partial charge in [-0.1, -0.05) is 0 Å². The molecule has 2 N–H and O–H groups in total. The maximum absolute atomic E-state index is 6.12. The minimum atomic E-state index is 0.482. The molecule has 0 spiro atoms. The highest BCUT2D eigenvalue weighted by molar-refractivity contribution is 7.99. The number of hydrogen-bond acceptors (Lipinski definition) is 4. The van der Waals surface area contributed by atoms with E-state index in [0.717, 1.165) is 22.0 Å². The lowest BCUT2D eigenvalue weighted by Crippen LogP contribution is -2.09. The normalized spacial score (nSPS) is 23.1. The molecule has 5 heteroatoms. The number of aromatic nitrogens is 2. The van der Waals surface area contributed by atoms with E-state index in [1.54, 1.807) is 7.11 Å². The monoisotopic (exact) mass is 277 g/mol. The van der Waals surface area contributed by atoms with Crippen molar-refractivity contribution in [2.24, 2.45) is 0 Å². The predicted octanol–water partition coefficient (Wildman–Crippen LogP) is 3.08. The van der Waals surface area contributed by atoms with Crippen LogP contribution < -0.4 is 10.5 Å². The van der Waals surface area contributed by atoms with Gasteiger partial charge in [0.2, 0.25) is 5.95 Å². The first-order valence-electron chi connectivity index (χ1n) is 6.57. The molecular formula is C14H19N3OS. The Balaban J connectivity index is 2.01. The van der Waals surface area contributed by atoms with Crippen LogP contribution in [-0.4, -0.2) is 28.2 Å². The van der Waals surface area contributed by atoms with Crippen molar-refractivity contribution in [1.29, 1.82) is 0 Å². The molecule has 102 valence electrons. The van der Waals surface area contributed by atoms with Crippen LogP contribution in [0.1, 0.15) is 25.3 Å². The van der Waals surface area contributed by atoms with Gasteiger partial charge in [0.15, 0.2) is 0 Å². The molecule has 19 heavy (non-hydrogen) atoms. The van der Waals surface area contributed by atoms with Crippen molar-refractivity contribution >= 4 is 28.7 Å². The van der Waals surface area contributed by atoms with Crippen LogP contribution in [0.5, 0.6) is 5.75 Å². The number of fused-ring (bicyclic) bond motifs is 1. The molecule has 0 saturated heterocycles. The van der Waals surface area contributed by atoms with Crippen molar-refractivity contribution in [3.63, 3.8) is 0 Å². The van der Waals surface area contributed by atoms with Crippen LogP contribution in [0.4, 0.5) is 5.95 Å². The van der Waals surface area contributed by atoms with Gasteiger partial charge in [-0.25, -0.2) is 4.98 Å². The molecule has 2 aromatic rings. The fourth-order valence-corrected chi connectivity index (χ4v) is 3.76. The van der Waals surface area contributed by atoms with E-state index >= 15 is 0 Å². The van der Waals surface area contributed by atoms with Crippen LogP contribution in [0.3, 0.4) is 0 Å². The third-order valence-electron chi connectivity index (χ3n) is 3.98. The lowest BCUT2D eigenvalue weighted by molar-refractivity contribution is 0.415. The minimum Gasteiger partial charge on any atom is -0.497 e. The molecule has 1 heterocycles. The average Bonchev–Trinajstić information content (AvgIpc) is 3.00. The summed E-state index contributed by atoms with van der Waals surface area (Å²) in [5.41, 5.74) is 8.15. The number of nitrogens with zero attached hydrogens (tertiary/aromatic N) is 2. The average molecular weight is 277 g/mol. The highest BCUT2D eigenvalue weighted by atomic mass is 32.2. The van der Waals surface area contributed by atoms with E-state index in [1.807, 2.05) is 23.9 Å². The third-order valence-corrected chi connectivity index (χ3v) is 5.07. The Morgan fingerprint density at radius 1 is 1.42 bits per heavy atom. The Morgan fingerprint density at radius 3 is 2.95 bits per heavy atom. The smallest absolute Gasteiger partial charge is 0.201 e. The maximum atomic E-state index is 6.12. The van der Waals surface area contributed by atoms with Crippen molar-refractivity contribution in [3.8, 4) is 5.75 Å². The fraction of sp³-hybridized carbons (Fsp3) is 0.500. The first-order chi connectivity index (χ1) is 9.22. The molecular weight excluding hydrogens is 258 g/mol. The van der Waals surface area contributed by atoms with Crippen LogP contribution in [0.25, 0.3) is 11.0 Å². The second-order valence-corrected chi connectivity index (χ2v) is 6.16. The predicted molar refractivity (Wildman–Crippen MR) is 80.9 cm³/mol. The molecule has 1 aliphatic rings. The summed E-state index contributed by atoms with van der Waals surface area (Å²) in [4.78, 5) is 4.47. The first-order valence-corrected chi connectivity index (χ1v) is 7.86. The second kappa shape index (κ2) is 4.96. The molecule has 0 amide bonds. The molecule has 1 fully saturated rings. The van der Waals surface area contributed by atoms with E-state index in [2.05, 4.69) is 21.9 Å². The number of anilines is 1. The summed E-state index contributed by atoms with van der Waals surface area (Å²) in [5, 5.41) is 0.750. The van der Waals surface area contributed by atoms with Gasteiger partial charge in [-0.15, -0.1) is 0 Å². The summed E-state index contributed by atoms with van der Waals surface area (Å²) in [5.74, 6) is 1.44. The van der Waals surface area contributed by atoms with Crippen LogP contribution in [0.2, 0.25) is 0 Å². The Hall–Kier alpha value is -1.36. The number of rotatable bonds is 3. The molecule has 3 rings (SSSR count). The van der Waals surface area contributed by atoms with E-state index < -0.39 is 0 Å². The third kappa shape index (κ3) is 2.16. The summed E-state index contributed by atoms with van der Waals surface area (Å²) in [6.07, 6.45) is 5.82. The Morgan fingerprint density at radius 2 is 2.26 bits per heavy atom. The molecule has 1 aromatic carbocycles. The van der Waals surface area contributed by atoms with E-state index in [0.29, 0.717) is 12.0 Å². The second-order valence-electron chi connectivity index (χ2n) is 5.02. The Kier molecular flexibility index (Phi) is 3.31. The minimum absolute atomic E-state index is 0.482. The number of nitrogens with two attached hydrogens (primary N) is 1. The number of thioether (sulfide) groups is 1. The Labute approximate surface area is 117 Å². The Bertz CT molecular complexity index is 596. The number of hydrogen-bond donors (Lipinski definition) is 1. The zero-order chi connectivity index (χ0) is 13.4. The fourth-order valence-electron chi connectivity index (χ4n) is 2.97. The molecule has 4 nitrogen and oxygen atoms in total. The van der Waals surface area contributed by atoms with Gasteiger partial charge in [-0.05, 0) is 37.7 Å². The van der Waals surface area contributed by atoms with Gasteiger partial charge in [0.25, 0.3) is 0 Å². The number of ether oxygens (including phenoxy) is 1. The number of methoxy groups -OCH3 is 1. The first kappa shape index (κ1) is 12.7. The largest absolute Gasteiger partial charge is 0.497 e. The van der Waals surface area contributed by atoms with Crippen LogP contribution in [0.15, 0.2) is 18.2 Å². The van der Waals surface area contributed by atoms with Crippen molar-refractivity contribution in [3.05, 3.63) is 18.2 Å². The molecule has 2 atom stereocenters. The van der Waals surface area contributed by atoms with E-state index in [-0.39, 0.29) is 0 Å². The van der Waals surface area contributed by atoms with Gasteiger partial charge >= 0.3 is 0 Å². The molecule has 1 aliphatic carbocycles. The van der Waals surface area contributed by atoms with Gasteiger partial charge < -0.3 is 15.0 Å². The van der Waals surface area contributed by atoms with Crippen molar-refractivity contribution in [2.45, 2.75) is 30.6 Å². The zero-order valence-electron chi connectivity index (χ0n) is 11.3. The van der Waals surface area contributed by atoms with Gasteiger partial charge in [-0.3, -0.25) is 0 Å². The highest BCUT2D eigenvalue weighted by Gasteiger charge is 2.27. The molecule has 2 unspecified atom stereocenters. The van der Waals surface area contributed by atoms with Gasteiger partial charge in [0.1, 0.15) is 5.75 Å². The lowest BCUT2D eigenvalue weighted by Gasteiger charge is -2.15. The zero-order valence-corrected chi connectivity index (χ0v) is 12.1. The number of benzene rings is 1.